The topological polar surface area (TPSA) is 80.5 Å². The Labute approximate surface area is 121 Å². The number of carbonyl (C=O) groups is 1. The van der Waals surface area contributed by atoms with Gasteiger partial charge in [-0.15, -0.1) is 0 Å². The molecule has 0 spiro atoms. The predicted octanol–water partition coefficient (Wildman–Crippen LogP) is 1.19. The molecule has 1 amide bonds. The Morgan fingerprint density at radius 2 is 2.00 bits per heavy atom. The fraction of sp³-hybridized carbons (Fsp3) is 0.417. The SMILES string of the molecule is C[C@@H]1CN(S(=O)(=O)c2ccccc2Br)C[C@H]1C(N)=O. The lowest BCUT2D eigenvalue weighted by atomic mass is 9.98. The standard InChI is InChI=1S/C12H15BrN2O3S/c1-8-6-15(7-9(8)12(14)16)19(17,18)11-5-3-2-4-10(11)13/h2-5,8-9H,6-7H2,1H3,(H2,14,16)/t8-,9-/m1/s1. The smallest absolute Gasteiger partial charge is 0.244 e. The normalized spacial score (nSPS) is 24.5. The van der Waals surface area contributed by atoms with Gasteiger partial charge < -0.3 is 5.73 Å². The summed E-state index contributed by atoms with van der Waals surface area (Å²) in [6.45, 7) is 2.31. The van der Waals surface area contributed by atoms with E-state index >= 15 is 0 Å². The lowest BCUT2D eigenvalue weighted by Crippen LogP contribution is -2.32. The number of primary amides is 1. The molecule has 2 N–H and O–H groups in total. The molecule has 2 atom stereocenters. The van der Waals surface area contributed by atoms with Crippen molar-refractivity contribution >= 4 is 31.9 Å². The molecule has 2 rings (SSSR count). The molecule has 104 valence electrons. The highest BCUT2D eigenvalue weighted by molar-refractivity contribution is 9.10. The molecule has 1 aromatic rings. The van der Waals surface area contributed by atoms with E-state index in [-0.39, 0.29) is 17.4 Å². The second kappa shape index (κ2) is 5.22. The van der Waals surface area contributed by atoms with Gasteiger partial charge in [-0.1, -0.05) is 19.1 Å². The van der Waals surface area contributed by atoms with Gasteiger partial charge in [0.05, 0.1) is 10.8 Å². The van der Waals surface area contributed by atoms with Crippen LogP contribution in [0.15, 0.2) is 33.6 Å². The molecule has 0 unspecified atom stereocenters. The third-order valence-corrected chi connectivity index (χ3v) is 6.24. The summed E-state index contributed by atoms with van der Waals surface area (Å²) in [5.74, 6) is -0.927. The zero-order chi connectivity index (χ0) is 14.2. The van der Waals surface area contributed by atoms with Crippen molar-refractivity contribution in [3.05, 3.63) is 28.7 Å². The first-order valence-corrected chi connectivity index (χ1v) is 8.11. The number of sulfonamides is 1. The maximum Gasteiger partial charge on any atom is 0.244 e. The lowest BCUT2D eigenvalue weighted by Gasteiger charge is -2.17. The number of nitrogens with two attached hydrogens (primary N) is 1. The molecule has 7 heteroatoms. The monoisotopic (exact) mass is 346 g/mol. The molecular formula is C12H15BrN2O3S. The van der Waals surface area contributed by atoms with Crippen molar-refractivity contribution in [2.24, 2.45) is 17.6 Å². The number of carbonyl (C=O) groups excluding carboxylic acids is 1. The Bertz CT molecular complexity index is 603. The minimum absolute atomic E-state index is 0.0604. The molecule has 1 fully saturated rings. The zero-order valence-electron chi connectivity index (χ0n) is 10.4. The van der Waals surface area contributed by atoms with Gasteiger partial charge in [0.15, 0.2) is 0 Å². The average Bonchev–Trinajstić information content (AvgIpc) is 2.72. The summed E-state index contributed by atoms with van der Waals surface area (Å²) < 4.78 is 26.9. The van der Waals surface area contributed by atoms with E-state index in [1.54, 1.807) is 24.3 Å². The van der Waals surface area contributed by atoms with E-state index in [9.17, 15) is 13.2 Å². The maximum absolute atomic E-state index is 12.5. The molecule has 0 saturated carbocycles. The van der Waals surface area contributed by atoms with Crippen LogP contribution in [-0.4, -0.2) is 31.7 Å². The summed E-state index contributed by atoms with van der Waals surface area (Å²) in [5.41, 5.74) is 5.29. The van der Waals surface area contributed by atoms with Crippen LogP contribution >= 0.6 is 15.9 Å². The summed E-state index contributed by atoms with van der Waals surface area (Å²) in [6, 6.07) is 6.64. The van der Waals surface area contributed by atoms with E-state index in [0.29, 0.717) is 11.0 Å². The van der Waals surface area contributed by atoms with Crippen LogP contribution in [0.4, 0.5) is 0 Å². The van der Waals surface area contributed by atoms with Gasteiger partial charge in [-0.05, 0) is 34.0 Å². The van der Waals surface area contributed by atoms with Crippen LogP contribution in [0.2, 0.25) is 0 Å². The van der Waals surface area contributed by atoms with Crippen molar-refractivity contribution in [1.82, 2.24) is 4.31 Å². The fourth-order valence-corrected chi connectivity index (χ4v) is 4.81. The van der Waals surface area contributed by atoms with Crippen molar-refractivity contribution in [2.75, 3.05) is 13.1 Å². The zero-order valence-corrected chi connectivity index (χ0v) is 12.8. The average molecular weight is 347 g/mol. The van der Waals surface area contributed by atoms with E-state index in [1.165, 1.54) is 4.31 Å². The van der Waals surface area contributed by atoms with E-state index < -0.39 is 21.8 Å². The Kier molecular flexibility index (Phi) is 3.98. The first kappa shape index (κ1) is 14.5. The second-order valence-electron chi connectivity index (χ2n) is 4.74. The molecule has 0 aromatic heterocycles. The molecule has 1 aliphatic heterocycles. The van der Waals surface area contributed by atoms with E-state index in [0.717, 1.165) is 0 Å². The number of hydrogen-bond donors (Lipinski definition) is 1. The van der Waals surface area contributed by atoms with Crippen molar-refractivity contribution in [3.63, 3.8) is 0 Å². The maximum atomic E-state index is 12.5. The highest BCUT2D eigenvalue weighted by Gasteiger charge is 2.40. The van der Waals surface area contributed by atoms with Gasteiger partial charge in [0.2, 0.25) is 15.9 Å². The van der Waals surface area contributed by atoms with Gasteiger partial charge in [0.1, 0.15) is 0 Å². The molecule has 0 bridgehead atoms. The highest BCUT2D eigenvalue weighted by atomic mass is 79.9. The predicted molar refractivity (Wildman–Crippen MR) is 74.7 cm³/mol. The number of rotatable bonds is 3. The highest BCUT2D eigenvalue weighted by Crippen LogP contribution is 2.31. The van der Waals surface area contributed by atoms with Gasteiger partial charge in [-0.25, -0.2) is 8.42 Å². The second-order valence-corrected chi connectivity index (χ2v) is 7.50. The molecule has 1 heterocycles. The first-order valence-electron chi connectivity index (χ1n) is 5.88. The van der Waals surface area contributed by atoms with Crippen LogP contribution in [0.5, 0.6) is 0 Å². The Morgan fingerprint density at radius 1 is 1.37 bits per heavy atom. The van der Waals surface area contributed by atoms with Crippen LogP contribution in [-0.2, 0) is 14.8 Å². The van der Waals surface area contributed by atoms with E-state index in [4.69, 9.17) is 5.73 Å². The number of halogens is 1. The van der Waals surface area contributed by atoms with Crippen molar-refractivity contribution in [3.8, 4) is 0 Å². The Hall–Kier alpha value is -0.920. The van der Waals surface area contributed by atoms with E-state index in [1.807, 2.05) is 6.92 Å². The van der Waals surface area contributed by atoms with Gasteiger partial charge in [-0.2, -0.15) is 4.31 Å². The number of amides is 1. The fourth-order valence-electron chi connectivity index (χ4n) is 2.28. The minimum Gasteiger partial charge on any atom is -0.369 e. The molecule has 1 aromatic carbocycles. The third-order valence-electron chi connectivity index (χ3n) is 3.40. The van der Waals surface area contributed by atoms with Crippen molar-refractivity contribution in [2.45, 2.75) is 11.8 Å². The quantitative estimate of drug-likeness (QED) is 0.892. The molecule has 0 radical (unpaired) electrons. The summed E-state index contributed by atoms with van der Waals surface area (Å²) in [7, 11) is -3.59. The molecule has 0 aliphatic carbocycles. The van der Waals surface area contributed by atoms with Gasteiger partial charge in [0, 0.05) is 17.6 Å². The van der Waals surface area contributed by atoms with Crippen molar-refractivity contribution in [1.29, 1.82) is 0 Å². The van der Waals surface area contributed by atoms with Crippen LogP contribution in [0.3, 0.4) is 0 Å². The van der Waals surface area contributed by atoms with Crippen molar-refractivity contribution < 1.29 is 13.2 Å². The largest absolute Gasteiger partial charge is 0.369 e. The van der Waals surface area contributed by atoms with Crippen LogP contribution in [0, 0.1) is 11.8 Å². The van der Waals surface area contributed by atoms with Gasteiger partial charge in [0.25, 0.3) is 0 Å². The van der Waals surface area contributed by atoms with Gasteiger partial charge >= 0.3 is 0 Å². The summed E-state index contributed by atoms with van der Waals surface area (Å²) >= 11 is 3.24. The number of hydrogen-bond acceptors (Lipinski definition) is 3. The lowest BCUT2D eigenvalue weighted by molar-refractivity contribution is -0.122. The van der Waals surface area contributed by atoms with Crippen LogP contribution in [0.1, 0.15) is 6.92 Å². The van der Waals surface area contributed by atoms with Crippen LogP contribution in [0.25, 0.3) is 0 Å². The Morgan fingerprint density at radius 3 is 2.53 bits per heavy atom. The summed E-state index contributed by atoms with van der Waals surface area (Å²) in [4.78, 5) is 11.5. The molecular weight excluding hydrogens is 332 g/mol. The summed E-state index contributed by atoms with van der Waals surface area (Å²) in [5, 5.41) is 0. The number of benzene rings is 1. The molecule has 5 nitrogen and oxygen atoms in total. The van der Waals surface area contributed by atoms with Gasteiger partial charge in [-0.3, -0.25) is 4.79 Å². The summed E-state index contributed by atoms with van der Waals surface area (Å²) in [6.07, 6.45) is 0. The molecule has 1 aliphatic rings. The molecule has 1 saturated heterocycles. The van der Waals surface area contributed by atoms with Crippen LogP contribution < -0.4 is 5.73 Å². The third kappa shape index (κ3) is 2.68. The molecule has 19 heavy (non-hydrogen) atoms. The first-order chi connectivity index (χ1) is 8.84. The minimum atomic E-state index is -3.59. The number of nitrogens with zero attached hydrogens (tertiary/aromatic N) is 1. The Balaban J connectivity index is 2.33. The van der Waals surface area contributed by atoms with E-state index in [2.05, 4.69) is 15.9 Å².